The molecule has 26 heavy (non-hydrogen) atoms. The molecule has 1 heterocycles. The minimum absolute atomic E-state index is 0.0669. The van der Waals surface area contributed by atoms with Gasteiger partial charge >= 0.3 is 0 Å². The Labute approximate surface area is 161 Å². The van der Waals surface area contributed by atoms with Crippen LogP contribution in [0.15, 0.2) is 59.5 Å². The van der Waals surface area contributed by atoms with Gasteiger partial charge in [-0.1, -0.05) is 48.0 Å². The number of hydrogen-bond donors (Lipinski definition) is 1. The smallest absolute Gasteiger partial charge is 0.233 e. The lowest BCUT2D eigenvalue weighted by atomic mass is 10.0. The van der Waals surface area contributed by atoms with Crippen LogP contribution in [0.4, 0.5) is 0 Å². The molecule has 138 valence electrons. The van der Waals surface area contributed by atoms with Gasteiger partial charge in [-0.15, -0.1) is 11.8 Å². The molecule has 1 amide bonds. The molecule has 1 atom stereocenters. The van der Waals surface area contributed by atoms with Crippen LogP contribution in [0.3, 0.4) is 0 Å². The number of likely N-dealkylation sites (tertiary alicyclic amines) is 1. The van der Waals surface area contributed by atoms with Gasteiger partial charge in [0.05, 0.1) is 5.25 Å². The lowest BCUT2D eigenvalue weighted by molar-refractivity contribution is -0.121. The largest absolute Gasteiger partial charge is 0.352 e. The molecule has 0 spiro atoms. The first-order chi connectivity index (χ1) is 12.6. The number of nitrogens with zero attached hydrogens (tertiary/aromatic N) is 1. The molecule has 0 aliphatic carbocycles. The maximum absolute atomic E-state index is 12.5. The second kappa shape index (κ2) is 9.24. The Bertz CT molecular complexity index is 711. The van der Waals surface area contributed by atoms with Crippen molar-refractivity contribution in [3.63, 3.8) is 0 Å². The minimum atomic E-state index is -0.0669. The van der Waals surface area contributed by atoms with Crippen molar-refractivity contribution in [2.75, 3.05) is 13.1 Å². The number of amides is 1. The zero-order valence-corrected chi connectivity index (χ0v) is 16.5. The molecule has 1 saturated heterocycles. The topological polar surface area (TPSA) is 32.3 Å². The molecule has 3 rings (SSSR count). The summed E-state index contributed by atoms with van der Waals surface area (Å²) >= 11 is 1.62. The monoisotopic (exact) mass is 368 g/mol. The zero-order valence-electron chi connectivity index (χ0n) is 15.7. The first-order valence-electron chi connectivity index (χ1n) is 9.40. The Morgan fingerprint density at radius 3 is 2.58 bits per heavy atom. The fourth-order valence-electron chi connectivity index (χ4n) is 3.38. The fraction of sp³-hybridized carbons (Fsp3) is 0.409. The summed E-state index contributed by atoms with van der Waals surface area (Å²) in [7, 11) is 0. The molecule has 0 bridgehead atoms. The van der Waals surface area contributed by atoms with Crippen LogP contribution in [-0.2, 0) is 11.3 Å². The highest BCUT2D eigenvalue weighted by atomic mass is 32.2. The standard InChI is InChI=1S/C22H28N2OS/c1-17-7-6-8-19(15-17)16-24-13-11-20(12-14-24)23-22(25)18(2)26-21-9-4-3-5-10-21/h3-10,15,18,20H,11-14,16H2,1-2H3,(H,23,25). The summed E-state index contributed by atoms with van der Waals surface area (Å²) in [6, 6.07) is 19.2. The molecule has 3 nitrogen and oxygen atoms in total. The average Bonchev–Trinajstić information content (AvgIpc) is 2.64. The number of carbonyl (C=O) groups is 1. The van der Waals surface area contributed by atoms with Gasteiger partial charge in [-0.25, -0.2) is 0 Å². The Hall–Kier alpha value is -1.78. The number of nitrogens with one attached hydrogen (secondary N) is 1. The quantitative estimate of drug-likeness (QED) is 0.774. The van der Waals surface area contributed by atoms with Crippen molar-refractivity contribution >= 4 is 17.7 Å². The molecule has 0 radical (unpaired) electrons. The number of aryl methyl sites for hydroxylation is 1. The summed E-state index contributed by atoms with van der Waals surface area (Å²) in [4.78, 5) is 16.1. The third kappa shape index (κ3) is 5.61. The van der Waals surface area contributed by atoms with E-state index in [1.54, 1.807) is 11.8 Å². The van der Waals surface area contributed by atoms with Crippen LogP contribution in [0, 0.1) is 6.92 Å². The second-order valence-electron chi connectivity index (χ2n) is 7.12. The summed E-state index contributed by atoms with van der Waals surface area (Å²) in [5.74, 6) is 0.149. The predicted octanol–water partition coefficient (Wildman–Crippen LogP) is 4.26. The number of rotatable bonds is 6. The van der Waals surface area contributed by atoms with Crippen LogP contribution in [0.2, 0.25) is 0 Å². The Morgan fingerprint density at radius 1 is 1.15 bits per heavy atom. The highest BCUT2D eigenvalue weighted by molar-refractivity contribution is 8.00. The highest BCUT2D eigenvalue weighted by Gasteiger charge is 2.23. The Balaban J connectivity index is 1.42. The van der Waals surface area contributed by atoms with Crippen LogP contribution in [0.1, 0.15) is 30.9 Å². The molecule has 0 aromatic heterocycles. The van der Waals surface area contributed by atoms with Gasteiger partial charge in [0, 0.05) is 30.6 Å². The minimum Gasteiger partial charge on any atom is -0.352 e. The van der Waals surface area contributed by atoms with Crippen molar-refractivity contribution < 1.29 is 4.79 Å². The van der Waals surface area contributed by atoms with Gasteiger partial charge < -0.3 is 5.32 Å². The van der Waals surface area contributed by atoms with E-state index in [1.807, 2.05) is 25.1 Å². The van der Waals surface area contributed by atoms with E-state index in [0.717, 1.165) is 37.4 Å². The third-order valence-corrected chi connectivity index (χ3v) is 5.96. The molecular weight excluding hydrogens is 340 g/mol. The van der Waals surface area contributed by atoms with Gasteiger partial charge in [0.1, 0.15) is 0 Å². The van der Waals surface area contributed by atoms with E-state index in [1.165, 1.54) is 11.1 Å². The lowest BCUT2D eigenvalue weighted by Crippen LogP contribution is -2.46. The molecule has 2 aromatic carbocycles. The van der Waals surface area contributed by atoms with E-state index >= 15 is 0 Å². The number of carbonyl (C=O) groups excluding carboxylic acids is 1. The predicted molar refractivity (Wildman–Crippen MR) is 109 cm³/mol. The number of piperidine rings is 1. The molecule has 1 aliphatic rings. The summed E-state index contributed by atoms with van der Waals surface area (Å²) in [6.07, 6.45) is 2.06. The molecule has 0 saturated carbocycles. The molecule has 2 aromatic rings. The first kappa shape index (κ1) is 19.0. The van der Waals surface area contributed by atoms with E-state index in [-0.39, 0.29) is 11.2 Å². The van der Waals surface area contributed by atoms with Gasteiger partial charge in [-0.3, -0.25) is 9.69 Å². The van der Waals surface area contributed by atoms with Crippen molar-refractivity contribution in [2.45, 2.75) is 49.4 Å². The maximum Gasteiger partial charge on any atom is 0.233 e. The Kier molecular flexibility index (Phi) is 6.75. The van der Waals surface area contributed by atoms with Crippen molar-refractivity contribution in [1.29, 1.82) is 0 Å². The number of benzene rings is 2. The Morgan fingerprint density at radius 2 is 1.88 bits per heavy atom. The third-order valence-electron chi connectivity index (χ3n) is 4.85. The van der Waals surface area contributed by atoms with Crippen LogP contribution < -0.4 is 5.32 Å². The highest BCUT2D eigenvalue weighted by Crippen LogP contribution is 2.23. The van der Waals surface area contributed by atoms with E-state index in [4.69, 9.17) is 0 Å². The molecule has 4 heteroatoms. The van der Waals surface area contributed by atoms with E-state index < -0.39 is 0 Å². The van der Waals surface area contributed by atoms with Crippen molar-refractivity contribution in [1.82, 2.24) is 10.2 Å². The van der Waals surface area contributed by atoms with Gasteiger partial charge in [0.25, 0.3) is 0 Å². The fourth-order valence-corrected chi connectivity index (χ4v) is 4.28. The first-order valence-corrected chi connectivity index (χ1v) is 10.3. The van der Waals surface area contributed by atoms with Crippen LogP contribution in [0.5, 0.6) is 0 Å². The maximum atomic E-state index is 12.5. The SMILES string of the molecule is Cc1cccc(CN2CCC(NC(=O)C(C)Sc3ccccc3)CC2)c1. The summed E-state index contributed by atoms with van der Waals surface area (Å²) < 4.78 is 0. The van der Waals surface area contributed by atoms with Gasteiger partial charge in [-0.2, -0.15) is 0 Å². The van der Waals surface area contributed by atoms with Crippen LogP contribution >= 0.6 is 11.8 Å². The number of thioether (sulfide) groups is 1. The molecule has 1 unspecified atom stereocenters. The van der Waals surface area contributed by atoms with Crippen molar-refractivity contribution in [3.05, 3.63) is 65.7 Å². The molecule has 1 fully saturated rings. The van der Waals surface area contributed by atoms with Crippen LogP contribution in [-0.4, -0.2) is 35.2 Å². The average molecular weight is 369 g/mol. The van der Waals surface area contributed by atoms with E-state index in [9.17, 15) is 4.79 Å². The van der Waals surface area contributed by atoms with Crippen LogP contribution in [0.25, 0.3) is 0 Å². The molecule has 1 aliphatic heterocycles. The van der Waals surface area contributed by atoms with Gasteiger partial charge in [0.2, 0.25) is 5.91 Å². The summed E-state index contributed by atoms with van der Waals surface area (Å²) in [6.45, 7) is 7.21. The summed E-state index contributed by atoms with van der Waals surface area (Å²) in [5.41, 5.74) is 2.69. The second-order valence-corrected chi connectivity index (χ2v) is 8.54. The lowest BCUT2D eigenvalue weighted by Gasteiger charge is -2.33. The summed E-state index contributed by atoms with van der Waals surface area (Å²) in [5, 5.41) is 3.18. The zero-order chi connectivity index (χ0) is 18.4. The van der Waals surface area contributed by atoms with E-state index in [2.05, 4.69) is 53.5 Å². The van der Waals surface area contributed by atoms with Gasteiger partial charge in [-0.05, 0) is 44.4 Å². The van der Waals surface area contributed by atoms with Crippen molar-refractivity contribution in [3.8, 4) is 0 Å². The van der Waals surface area contributed by atoms with Gasteiger partial charge in [0.15, 0.2) is 0 Å². The molecular formula is C22H28N2OS. The molecule has 1 N–H and O–H groups in total. The normalized spacial score (nSPS) is 17.0. The number of hydrogen-bond acceptors (Lipinski definition) is 3. The van der Waals surface area contributed by atoms with E-state index in [0.29, 0.717) is 6.04 Å². The van der Waals surface area contributed by atoms with Crippen molar-refractivity contribution in [2.24, 2.45) is 0 Å².